The van der Waals surface area contributed by atoms with E-state index in [1.807, 2.05) is 60.7 Å². The number of nitrogens with zero attached hydrogens (tertiary/aromatic N) is 1. The van der Waals surface area contributed by atoms with Gasteiger partial charge in [0.25, 0.3) is 5.91 Å². The predicted molar refractivity (Wildman–Crippen MR) is 124 cm³/mol. The Morgan fingerprint density at radius 3 is 2.47 bits per heavy atom. The molecule has 30 heavy (non-hydrogen) atoms. The maximum Gasteiger partial charge on any atom is 0.264 e. The van der Waals surface area contributed by atoms with E-state index in [0.29, 0.717) is 32.4 Å². The third-order valence-electron chi connectivity index (χ3n) is 4.21. The smallest absolute Gasteiger partial charge is 0.264 e. The van der Waals surface area contributed by atoms with Gasteiger partial charge in [0.1, 0.15) is 12.4 Å². The fourth-order valence-corrected chi connectivity index (χ4v) is 3.84. The molecule has 0 spiro atoms. The quantitative estimate of drug-likeness (QED) is 0.449. The lowest BCUT2D eigenvalue weighted by Crippen LogP contribution is -2.19. The molecule has 1 aliphatic heterocycles. The Bertz CT molecular complexity index is 1130. The van der Waals surface area contributed by atoms with E-state index in [-0.39, 0.29) is 5.91 Å². The number of hydrogen-bond acceptors (Lipinski definition) is 4. The lowest BCUT2D eigenvalue weighted by atomic mass is 10.2. The van der Waals surface area contributed by atoms with E-state index in [1.54, 1.807) is 18.2 Å². The molecule has 1 fully saturated rings. The van der Waals surface area contributed by atoms with E-state index in [4.69, 9.17) is 27.9 Å². The number of carbonyl (C=O) groups is 1. The average molecular weight is 455 g/mol. The highest BCUT2D eigenvalue weighted by atomic mass is 35.5. The normalized spacial score (nSPS) is 16.1. The van der Waals surface area contributed by atoms with Gasteiger partial charge in [-0.3, -0.25) is 4.79 Å². The summed E-state index contributed by atoms with van der Waals surface area (Å²) in [6, 6.07) is 22.6. The van der Waals surface area contributed by atoms with Crippen molar-refractivity contribution in [3.05, 3.63) is 98.9 Å². The number of halogens is 2. The Balaban J connectivity index is 1.42. The zero-order chi connectivity index (χ0) is 20.9. The van der Waals surface area contributed by atoms with Gasteiger partial charge in [-0.05, 0) is 59.3 Å². The first-order valence-electron chi connectivity index (χ1n) is 9.08. The average Bonchev–Trinajstić information content (AvgIpc) is 3.09. The SMILES string of the molecule is O=C1NC(=Nc2ccc(Cl)c(Cl)c2)S/C1=C/c1ccc(OCc2ccccc2)cc1. The van der Waals surface area contributed by atoms with Crippen LogP contribution in [0.1, 0.15) is 11.1 Å². The van der Waals surface area contributed by atoms with Crippen molar-refractivity contribution < 1.29 is 9.53 Å². The fourth-order valence-electron chi connectivity index (χ4n) is 2.70. The molecule has 1 N–H and O–H groups in total. The van der Waals surface area contributed by atoms with Crippen molar-refractivity contribution in [2.24, 2.45) is 4.99 Å². The molecular formula is C23H16Cl2N2O2S. The van der Waals surface area contributed by atoms with E-state index < -0.39 is 0 Å². The fraction of sp³-hybridized carbons (Fsp3) is 0.0435. The molecule has 0 unspecified atom stereocenters. The largest absolute Gasteiger partial charge is 0.489 e. The zero-order valence-corrected chi connectivity index (χ0v) is 18.0. The van der Waals surface area contributed by atoms with Crippen LogP contribution >= 0.6 is 35.0 Å². The Hall–Kier alpha value is -2.73. The summed E-state index contributed by atoms with van der Waals surface area (Å²) < 4.78 is 5.80. The predicted octanol–water partition coefficient (Wildman–Crippen LogP) is 6.46. The number of ether oxygens (including phenoxy) is 1. The Morgan fingerprint density at radius 2 is 1.73 bits per heavy atom. The molecule has 1 heterocycles. The van der Waals surface area contributed by atoms with Crippen molar-refractivity contribution in [1.29, 1.82) is 0 Å². The third kappa shape index (κ3) is 5.25. The van der Waals surface area contributed by atoms with Crippen LogP contribution in [0, 0.1) is 0 Å². The number of rotatable bonds is 5. The highest BCUT2D eigenvalue weighted by Crippen LogP contribution is 2.31. The number of thioether (sulfide) groups is 1. The number of amidine groups is 1. The zero-order valence-electron chi connectivity index (χ0n) is 15.6. The Morgan fingerprint density at radius 1 is 0.967 bits per heavy atom. The number of carbonyl (C=O) groups excluding carboxylic acids is 1. The van der Waals surface area contributed by atoms with Gasteiger partial charge >= 0.3 is 0 Å². The van der Waals surface area contributed by atoms with Gasteiger partial charge in [-0.15, -0.1) is 0 Å². The summed E-state index contributed by atoms with van der Waals surface area (Å²) in [7, 11) is 0. The van der Waals surface area contributed by atoms with E-state index in [9.17, 15) is 4.79 Å². The highest BCUT2D eigenvalue weighted by Gasteiger charge is 2.23. The van der Waals surface area contributed by atoms with Gasteiger partial charge in [-0.2, -0.15) is 0 Å². The first kappa shape index (κ1) is 20.5. The molecule has 1 amide bonds. The molecule has 3 aromatic carbocycles. The van der Waals surface area contributed by atoms with Crippen LogP contribution in [0.5, 0.6) is 5.75 Å². The molecule has 0 aromatic heterocycles. The number of amides is 1. The highest BCUT2D eigenvalue weighted by molar-refractivity contribution is 8.18. The number of aliphatic imine (C=N–C) groups is 1. The Kier molecular flexibility index (Phi) is 6.43. The molecule has 0 bridgehead atoms. The lowest BCUT2D eigenvalue weighted by molar-refractivity contribution is -0.115. The van der Waals surface area contributed by atoms with Crippen molar-refractivity contribution in [2.45, 2.75) is 6.61 Å². The van der Waals surface area contributed by atoms with E-state index in [2.05, 4.69) is 10.3 Å². The van der Waals surface area contributed by atoms with Crippen LogP contribution in [0.2, 0.25) is 10.0 Å². The molecule has 4 nitrogen and oxygen atoms in total. The van der Waals surface area contributed by atoms with Gasteiger partial charge in [0.15, 0.2) is 5.17 Å². The molecule has 0 radical (unpaired) electrons. The van der Waals surface area contributed by atoms with Crippen LogP contribution in [0.3, 0.4) is 0 Å². The molecule has 150 valence electrons. The molecule has 0 atom stereocenters. The van der Waals surface area contributed by atoms with E-state index in [0.717, 1.165) is 16.9 Å². The van der Waals surface area contributed by atoms with Crippen molar-refractivity contribution in [3.8, 4) is 5.75 Å². The van der Waals surface area contributed by atoms with Gasteiger partial charge in [-0.25, -0.2) is 4.99 Å². The summed E-state index contributed by atoms with van der Waals surface area (Å²) in [6.45, 7) is 0.508. The first-order valence-corrected chi connectivity index (χ1v) is 10.7. The van der Waals surface area contributed by atoms with Crippen LogP contribution in [-0.4, -0.2) is 11.1 Å². The number of hydrogen-bond donors (Lipinski definition) is 1. The summed E-state index contributed by atoms with van der Waals surface area (Å²) in [5.41, 5.74) is 2.63. The third-order valence-corrected chi connectivity index (χ3v) is 5.86. The van der Waals surface area contributed by atoms with Crippen molar-refractivity contribution in [2.75, 3.05) is 0 Å². The second kappa shape index (κ2) is 9.39. The van der Waals surface area contributed by atoms with Gasteiger partial charge in [0.05, 0.1) is 20.6 Å². The number of nitrogens with one attached hydrogen (secondary N) is 1. The standard InChI is InChI=1S/C23H16Cl2N2O2S/c24-19-11-8-17(13-20(19)25)26-23-27-22(28)21(30-23)12-15-6-9-18(10-7-15)29-14-16-4-2-1-3-5-16/h1-13H,14H2,(H,26,27,28)/b21-12+. The minimum Gasteiger partial charge on any atom is -0.489 e. The summed E-state index contributed by atoms with van der Waals surface area (Å²) in [6.07, 6.45) is 1.82. The van der Waals surface area contributed by atoms with E-state index in [1.165, 1.54) is 11.8 Å². The van der Waals surface area contributed by atoms with Crippen LogP contribution in [0.15, 0.2) is 82.7 Å². The molecule has 7 heteroatoms. The van der Waals surface area contributed by atoms with Gasteiger partial charge < -0.3 is 10.1 Å². The molecule has 3 aromatic rings. The monoisotopic (exact) mass is 454 g/mol. The molecule has 0 saturated carbocycles. The van der Waals surface area contributed by atoms with Crippen LogP contribution in [-0.2, 0) is 11.4 Å². The summed E-state index contributed by atoms with van der Waals surface area (Å²) in [5.74, 6) is 0.578. The van der Waals surface area contributed by atoms with Crippen molar-refractivity contribution >= 4 is 57.8 Å². The topological polar surface area (TPSA) is 50.7 Å². The molecule has 1 saturated heterocycles. The van der Waals surface area contributed by atoms with Gasteiger partial charge in [0.2, 0.25) is 0 Å². The lowest BCUT2D eigenvalue weighted by Gasteiger charge is -2.06. The summed E-state index contributed by atoms with van der Waals surface area (Å²) >= 11 is 13.2. The minimum absolute atomic E-state index is 0.191. The second-order valence-electron chi connectivity index (χ2n) is 6.42. The maximum absolute atomic E-state index is 12.3. The van der Waals surface area contributed by atoms with Crippen LogP contribution in [0.4, 0.5) is 5.69 Å². The van der Waals surface area contributed by atoms with E-state index >= 15 is 0 Å². The van der Waals surface area contributed by atoms with Gasteiger partial charge in [-0.1, -0.05) is 65.7 Å². The van der Waals surface area contributed by atoms with Crippen molar-refractivity contribution in [1.82, 2.24) is 5.32 Å². The van der Waals surface area contributed by atoms with Gasteiger partial charge in [0, 0.05) is 0 Å². The maximum atomic E-state index is 12.3. The molecule has 1 aliphatic rings. The second-order valence-corrected chi connectivity index (χ2v) is 8.27. The van der Waals surface area contributed by atoms with Crippen LogP contribution in [0.25, 0.3) is 6.08 Å². The minimum atomic E-state index is -0.191. The Labute approximate surface area is 188 Å². The number of benzene rings is 3. The molecule has 0 aliphatic carbocycles. The summed E-state index contributed by atoms with van der Waals surface area (Å²) in [5, 5.41) is 4.13. The first-order chi connectivity index (χ1) is 14.6. The summed E-state index contributed by atoms with van der Waals surface area (Å²) in [4.78, 5) is 17.2. The van der Waals surface area contributed by atoms with Crippen molar-refractivity contribution in [3.63, 3.8) is 0 Å². The van der Waals surface area contributed by atoms with Crippen LogP contribution < -0.4 is 10.1 Å². The molecular weight excluding hydrogens is 439 g/mol. The molecule has 4 rings (SSSR count).